The number of nitrogens with two attached hydrogens (primary N) is 1. The number of nitrogen functional groups attached to an aromatic ring is 1. The molecule has 0 aliphatic carbocycles. The molecule has 0 atom stereocenters. The van der Waals surface area contributed by atoms with Gasteiger partial charge in [-0.05, 0) is 24.3 Å². The topological polar surface area (TPSA) is 68.0 Å². The van der Waals surface area contributed by atoms with E-state index in [1.54, 1.807) is 18.3 Å². The summed E-state index contributed by atoms with van der Waals surface area (Å²) in [6, 6.07) is 7.28. The molecule has 0 saturated carbocycles. The zero-order valence-corrected chi connectivity index (χ0v) is 9.90. The minimum atomic E-state index is -0.0562. The number of rotatable bonds is 2. The maximum Gasteiger partial charge on any atom is 0.226 e. The number of amides is 1. The lowest BCUT2D eigenvalue weighted by Crippen LogP contribution is -2.18. The predicted molar refractivity (Wildman–Crippen MR) is 69.6 cm³/mol. The fourth-order valence-corrected chi connectivity index (χ4v) is 1.58. The smallest absolute Gasteiger partial charge is 0.226 e. The zero-order valence-electron chi connectivity index (χ0n) is 9.90. The lowest BCUT2D eigenvalue weighted by Gasteiger charge is -2.11. The summed E-state index contributed by atoms with van der Waals surface area (Å²) in [5.41, 5.74) is 7.92. The molecule has 0 aliphatic rings. The number of carbonyl (C=O) groups excluding carboxylic acids is 1. The third-order valence-corrected chi connectivity index (χ3v) is 2.58. The minimum Gasteiger partial charge on any atom is -0.397 e. The highest BCUT2D eigenvalue weighted by atomic mass is 16.1. The van der Waals surface area contributed by atoms with Crippen molar-refractivity contribution in [2.75, 3.05) is 11.1 Å². The van der Waals surface area contributed by atoms with E-state index in [0.29, 0.717) is 11.2 Å². The fraction of sp³-hybridized carbons (Fsp3) is 0.231. The Morgan fingerprint density at radius 2 is 2.12 bits per heavy atom. The van der Waals surface area contributed by atoms with Gasteiger partial charge in [-0.15, -0.1) is 0 Å². The first kappa shape index (κ1) is 11.4. The Labute approximate surface area is 99.8 Å². The van der Waals surface area contributed by atoms with Crippen LogP contribution in [0.4, 0.5) is 11.4 Å². The number of aromatic nitrogens is 1. The monoisotopic (exact) mass is 229 g/mol. The van der Waals surface area contributed by atoms with Crippen LogP contribution in [-0.4, -0.2) is 10.9 Å². The van der Waals surface area contributed by atoms with Crippen LogP contribution in [-0.2, 0) is 4.79 Å². The van der Waals surface area contributed by atoms with Gasteiger partial charge in [0, 0.05) is 17.5 Å². The van der Waals surface area contributed by atoms with Crippen molar-refractivity contribution in [1.29, 1.82) is 0 Å². The van der Waals surface area contributed by atoms with Gasteiger partial charge >= 0.3 is 0 Å². The molecule has 0 radical (unpaired) electrons. The van der Waals surface area contributed by atoms with Gasteiger partial charge in [0.05, 0.1) is 16.9 Å². The predicted octanol–water partition coefficient (Wildman–Crippen LogP) is 2.41. The Morgan fingerprint density at radius 3 is 2.82 bits per heavy atom. The maximum atomic E-state index is 11.7. The molecule has 88 valence electrons. The number of nitrogens with zero attached hydrogens (tertiary/aromatic N) is 1. The fourth-order valence-electron chi connectivity index (χ4n) is 1.58. The summed E-state index contributed by atoms with van der Waals surface area (Å²) in [7, 11) is 0. The number of hydrogen-bond acceptors (Lipinski definition) is 3. The van der Waals surface area contributed by atoms with E-state index in [4.69, 9.17) is 5.73 Å². The normalized spacial score (nSPS) is 10.8. The highest BCUT2D eigenvalue weighted by molar-refractivity contribution is 6.04. The largest absolute Gasteiger partial charge is 0.397 e. The molecule has 2 rings (SSSR count). The van der Waals surface area contributed by atoms with Crippen molar-refractivity contribution >= 4 is 28.2 Å². The third kappa shape index (κ3) is 2.20. The van der Waals surface area contributed by atoms with Gasteiger partial charge in [-0.3, -0.25) is 9.78 Å². The molecule has 0 unspecified atom stereocenters. The van der Waals surface area contributed by atoms with Crippen LogP contribution in [0.2, 0.25) is 0 Å². The number of nitrogens with one attached hydrogen (secondary N) is 1. The maximum absolute atomic E-state index is 11.7. The molecular weight excluding hydrogens is 214 g/mol. The van der Waals surface area contributed by atoms with Crippen LogP contribution in [0.25, 0.3) is 10.9 Å². The zero-order chi connectivity index (χ0) is 12.4. The molecule has 17 heavy (non-hydrogen) atoms. The van der Waals surface area contributed by atoms with Crippen molar-refractivity contribution in [3.63, 3.8) is 0 Å². The van der Waals surface area contributed by atoms with E-state index in [2.05, 4.69) is 10.3 Å². The van der Waals surface area contributed by atoms with E-state index in [9.17, 15) is 4.79 Å². The first-order chi connectivity index (χ1) is 8.09. The molecule has 0 fully saturated rings. The second kappa shape index (κ2) is 4.41. The molecule has 1 aromatic carbocycles. The molecule has 0 saturated heterocycles. The van der Waals surface area contributed by atoms with E-state index >= 15 is 0 Å². The standard InChI is InChI=1S/C13H15N3O/c1-8(2)13(17)16-11-6-5-10(14)12-9(11)4-3-7-15-12/h3-8H,14H2,1-2H3,(H,16,17). The molecule has 4 heteroatoms. The number of fused-ring (bicyclic) bond motifs is 1. The lowest BCUT2D eigenvalue weighted by molar-refractivity contribution is -0.118. The van der Waals surface area contributed by atoms with Gasteiger partial charge in [0.25, 0.3) is 0 Å². The second-order valence-electron chi connectivity index (χ2n) is 4.25. The highest BCUT2D eigenvalue weighted by Crippen LogP contribution is 2.26. The van der Waals surface area contributed by atoms with Gasteiger partial charge in [-0.1, -0.05) is 13.8 Å². The summed E-state index contributed by atoms with van der Waals surface area (Å²) in [6.07, 6.45) is 1.69. The van der Waals surface area contributed by atoms with Crippen LogP contribution in [0, 0.1) is 5.92 Å². The van der Waals surface area contributed by atoms with E-state index in [1.165, 1.54) is 0 Å². The van der Waals surface area contributed by atoms with Crippen LogP contribution >= 0.6 is 0 Å². The highest BCUT2D eigenvalue weighted by Gasteiger charge is 2.10. The van der Waals surface area contributed by atoms with Crippen molar-refractivity contribution < 1.29 is 4.79 Å². The summed E-state index contributed by atoms with van der Waals surface area (Å²) in [4.78, 5) is 15.9. The molecule has 0 spiro atoms. The molecule has 0 aliphatic heterocycles. The Morgan fingerprint density at radius 1 is 1.35 bits per heavy atom. The molecule has 1 aromatic heterocycles. The van der Waals surface area contributed by atoms with Gasteiger partial charge in [-0.25, -0.2) is 0 Å². The van der Waals surface area contributed by atoms with Crippen LogP contribution in [0.15, 0.2) is 30.5 Å². The quantitative estimate of drug-likeness (QED) is 0.777. The van der Waals surface area contributed by atoms with Crippen molar-refractivity contribution in [2.45, 2.75) is 13.8 Å². The Bertz CT molecular complexity index is 564. The van der Waals surface area contributed by atoms with Crippen molar-refractivity contribution in [2.24, 2.45) is 5.92 Å². The molecule has 0 bridgehead atoms. The summed E-state index contributed by atoms with van der Waals surface area (Å²) in [5.74, 6) is -0.0702. The lowest BCUT2D eigenvalue weighted by atomic mass is 10.1. The summed E-state index contributed by atoms with van der Waals surface area (Å²) in [5, 5.41) is 3.74. The van der Waals surface area contributed by atoms with Gasteiger partial charge in [0.1, 0.15) is 0 Å². The van der Waals surface area contributed by atoms with E-state index in [0.717, 1.165) is 11.1 Å². The average molecular weight is 229 g/mol. The second-order valence-corrected chi connectivity index (χ2v) is 4.25. The van der Waals surface area contributed by atoms with E-state index in [-0.39, 0.29) is 11.8 Å². The molecule has 2 aromatic rings. The number of pyridine rings is 1. The first-order valence-corrected chi connectivity index (χ1v) is 5.53. The molecular formula is C13H15N3O. The van der Waals surface area contributed by atoms with Crippen LogP contribution in [0.5, 0.6) is 0 Å². The van der Waals surface area contributed by atoms with Crippen molar-refractivity contribution in [3.05, 3.63) is 30.5 Å². The number of carbonyl (C=O) groups is 1. The van der Waals surface area contributed by atoms with Gasteiger partial charge in [-0.2, -0.15) is 0 Å². The Kier molecular flexibility index (Phi) is 2.95. The minimum absolute atomic E-state index is 0.0140. The van der Waals surface area contributed by atoms with Gasteiger partial charge in [0.15, 0.2) is 0 Å². The Balaban J connectivity index is 2.48. The van der Waals surface area contributed by atoms with Gasteiger partial charge < -0.3 is 11.1 Å². The molecule has 1 heterocycles. The molecule has 1 amide bonds. The number of benzene rings is 1. The van der Waals surface area contributed by atoms with Crippen LogP contribution in [0.1, 0.15) is 13.8 Å². The average Bonchev–Trinajstić information content (AvgIpc) is 2.33. The van der Waals surface area contributed by atoms with Crippen LogP contribution < -0.4 is 11.1 Å². The van der Waals surface area contributed by atoms with E-state index < -0.39 is 0 Å². The van der Waals surface area contributed by atoms with E-state index in [1.807, 2.05) is 26.0 Å². The van der Waals surface area contributed by atoms with Gasteiger partial charge in [0.2, 0.25) is 5.91 Å². The molecule has 4 nitrogen and oxygen atoms in total. The number of anilines is 2. The summed E-state index contributed by atoms with van der Waals surface area (Å²) < 4.78 is 0. The van der Waals surface area contributed by atoms with Crippen molar-refractivity contribution in [1.82, 2.24) is 4.98 Å². The summed E-state index contributed by atoms with van der Waals surface area (Å²) in [6.45, 7) is 3.71. The van der Waals surface area contributed by atoms with Crippen molar-refractivity contribution in [3.8, 4) is 0 Å². The summed E-state index contributed by atoms with van der Waals surface area (Å²) >= 11 is 0. The SMILES string of the molecule is CC(C)C(=O)Nc1ccc(N)c2ncccc12. The first-order valence-electron chi connectivity index (χ1n) is 5.53. The third-order valence-electron chi connectivity index (χ3n) is 2.58. The molecule has 3 N–H and O–H groups in total. The number of hydrogen-bond donors (Lipinski definition) is 2. The Hall–Kier alpha value is -2.10. The van der Waals surface area contributed by atoms with Crippen LogP contribution in [0.3, 0.4) is 0 Å².